The Morgan fingerprint density at radius 1 is 0.224 bits per heavy atom. The van der Waals surface area contributed by atoms with Crippen molar-refractivity contribution in [1.82, 2.24) is 9.13 Å². The Hall–Kier alpha value is -8.46. The Morgan fingerprint density at radius 3 is 0.908 bits per heavy atom. The van der Waals surface area contributed by atoms with E-state index in [1.165, 1.54) is 138 Å². The van der Waals surface area contributed by atoms with Gasteiger partial charge in [0.15, 0.2) is 0 Å². The van der Waals surface area contributed by atoms with E-state index in [1.54, 1.807) is 0 Å². The number of rotatable bonds is 6. The Balaban J connectivity index is 0.922. The van der Waals surface area contributed by atoms with Crippen LogP contribution in [0.15, 0.2) is 224 Å². The molecule has 0 N–H and O–H groups in total. The van der Waals surface area contributed by atoms with Gasteiger partial charge in [-0.1, -0.05) is 208 Å². The molecule has 13 aromatic rings. The predicted molar refractivity (Wildman–Crippen MR) is 328 cm³/mol. The minimum Gasteiger partial charge on any atom is -0.309 e. The lowest BCUT2D eigenvalue weighted by Crippen LogP contribution is -2.10. The summed E-state index contributed by atoms with van der Waals surface area (Å²) < 4.78 is 4.83. The first-order valence-corrected chi connectivity index (χ1v) is 27.1. The highest BCUT2D eigenvalue weighted by Crippen LogP contribution is 2.47. The molecule has 0 saturated heterocycles. The summed E-state index contributed by atoms with van der Waals surface area (Å²) in [6.45, 7) is 20.8. The average Bonchev–Trinajstić information content (AvgIpc) is 4.09. The molecule has 0 aliphatic carbocycles. The molecule has 11 aromatic carbocycles. The van der Waals surface area contributed by atoms with Crippen LogP contribution < -0.4 is 0 Å². The lowest BCUT2D eigenvalue weighted by atomic mass is 9.81. The van der Waals surface area contributed by atoms with E-state index in [4.69, 9.17) is 0 Å². The van der Waals surface area contributed by atoms with Crippen LogP contribution in [-0.4, -0.2) is 9.13 Å². The SMILES string of the molecule is CC(C)(C)c1ccc2c(-c3ccc(-c4ccc5c(c4)c4cc(C(C)(C)C)ccc4n5-c4ccccc4)cc3)c3ccccc3c(-c3ccc(-c4ccc5c(c4)c4cc(C(C)(C)C)ccc4n5-c4ccccc4)cc3)c2c1. The minimum atomic E-state index is -0.0263. The van der Waals surface area contributed by atoms with Gasteiger partial charge >= 0.3 is 0 Å². The number of hydrogen-bond acceptors (Lipinski definition) is 0. The van der Waals surface area contributed by atoms with Gasteiger partial charge in [-0.3, -0.25) is 0 Å². The molecule has 0 radical (unpaired) electrons. The molecular formula is C74H64N2. The van der Waals surface area contributed by atoms with E-state index in [0.29, 0.717) is 0 Å². The number of fused-ring (bicyclic) bond motifs is 8. The topological polar surface area (TPSA) is 9.86 Å². The number of nitrogens with zero attached hydrogens (tertiary/aromatic N) is 2. The Labute approximate surface area is 447 Å². The second-order valence-corrected chi connectivity index (χ2v) is 24.2. The van der Waals surface area contributed by atoms with Crippen LogP contribution in [0.25, 0.3) is 121 Å². The number of hydrogen-bond donors (Lipinski definition) is 0. The molecule has 13 rings (SSSR count). The van der Waals surface area contributed by atoms with Crippen molar-refractivity contribution in [3.8, 4) is 55.9 Å². The standard InChI is InChI=1S/C74H64N2/c1-72(2,3)53-34-37-60-65(46-53)71(50-30-26-48(27-31-50)52-33-39-67-62(43-52)64-45-55(74(7,8)9)36-41-69(64)76(67)57-20-14-11-15-21-57)59-23-17-16-22-58(59)70(60)49-28-24-47(25-29-49)51-32-38-66-61(42-51)63-44-54(73(4,5)6)35-40-68(63)75(66)56-18-12-10-13-19-56/h10-46H,1-9H3. The van der Waals surface area contributed by atoms with Crippen molar-refractivity contribution in [2.24, 2.45) is 0 Å². The first-order valence-electron chi connectivity index (χ1n) is 27.1. The lowest BCUT2D eigenvalue weighted by Gasteiger charge is -2.23. The van der Waals surface area contributed by atoms with Crippen molar-refractivity contribution >= 4 is 65.2 Å². The Bertz CT molecular complexity index is 4390. The highest BCUT2D eigenvalue weighted by molar-refractivity contribution is 6.22. The molecule has 0 fully saturated rings. The van der Waals surface area contributed by atoms with Crippen LogP contribution >= 0.6 is 0 Å². The minimum absolute atomic E-state index is 0.0263. The van der Waals surface area contributed by atoms with Crippen molar-refractivity contribution in [2.75, 3.05) is 0 Å². The second-order valence-electron chi connectivity index (χ2n) is 24.2. The van der Waals surface area contributed by atoms with Gasteiger partial charge in [-0.2, -0.15) is 0 Å². The highest BCUT2D eigenvalue weighted by Gasteiger charge is 2.23. The average molecular weight is 981 g/mol. The predicted octanol–water partition coefficient (Wildman–Crippen LogP) is 20.7. The quantitative estimate of drug-likeness (QED) is 0.147. The van der Waals surface area contributed by atoms with E-state index in [2.05, 4.69) is 296 Å². The third-order valence-electron chi connectivity index (χ3n) is 16.2. The van der Waals surface area contributed by atoms with Crippen molar-refractivity contribution in [3.05, 3.63) is 241 Å². The fraction of sp³-hybridized carbons (Fsp3) is 0.162. The second kappa shape index (κ2) is 17.6. The maximum atomic E-state index is 2.47. The third-order valence-corrected chi connectivity index (χ3v) is 16.2. The molecule has 0 bridgehead atoms. The summed E-state index contributed by atoms with van der Waals surface area (Å²) in [6, 6.07) is 84.6. The summed E-state index contributed by atoms with van der Waals surface area (Å²) in [4.78, 5) is 0. The van der Waals surface area contributed by atoms with Crippen LogP contribution in [0.1, 0.15) is 79.0 Å². The van der Waals surface area contributed by atoms with E-state index in [1.807, 2.05) is 0 Å². The van der Waals surface area contributed by atoms with E-state index < -0.39 is 0 Å². The fourth-order valence-electron chi connectivity index (χ4n) is 12.0. The molecule has 2 aromatic heterocycles. The maximum absolute atomic E-state index is 2.47. The maximum Gasteiger partial charge on any atom is 0.0541 e. The molecule has 2 heteroatoms. The van der Waals surface area contributed by atoms with Crippen LogP contribution in [0, 0.1) is 0 Å². The summed E-state index contributed by atoms with van der Waals surface area (Å²) >= 11 is 0. The first-order chi connectivity index (χ1) is 36.6. The number of para-hydroxylation sites is 2. The van der Waals surface area contributed by atoms with E-state index in [0.717, 1.165) is 0 Å². The van der Waals surface area contributed by atoms with Crippen molar-refractivity contribution < 1.29 is 0 Å². The fourth-order valence-corrected chi connectivity index (χ4v) is 12.0. The van der Waals surface area contributed by atoms with E-state index >= 15 is 0 Å². The molecule has 0 aliphatic rings. The molecular weight excluding hydrogens is 917 g/mol. The normalized spacial score (nSPS) is 12.5. The van der Waals surface area contributed by atoms with Crippen molar-refractivity contribution in [2.45, 2.75) is 78.6 Å². The zero-order valence-electron chi connectivity index (χ0n) is 45.3. The van der Waals surface area contributed by atoms with Gasteiger partial charge in [0.25, 0.3) is 0 Å². The molecule has 0 saturated carbocycles. The molecule has 0 spiro atoms. The third kappa shape index (κ3) is 7.93. The van der Waals surface area contributed by atoms with Crippen LogP contribution in [0.5, 0.6) is 0 Å². The monoisotopic (exact) mass is 981 g/mol. The van der Waals surface area contributed by atoms with Gasteiger partial charge in [0, 0.05) is 32.9 Å². The molecule has 76 heavy (non-hydrogen) atoms. The van der Waals surface area contributed by atoms with Gasteiger partial charge in [0.2, 0.25) is 0 Å². The summed E-state index contributed by atoms with van der Waals surface area (Å²) in [5.74, 6) is 0. The van der Waals surface area contributed by atoms with Gasteiger partial charge in [-0.05, 0) is 178 Å². The molecule has 0 unspecified atom stereocenters. The Morgan fingerprint density at radius 2 is 0.513 bits per heavy atom. The zero-order valence-corrected chi connectivity index (χ0v) is 45.3. The lowest BCUT2D eigenvalue weighted by molar-refractivity contribution is 0.591. The van der Waals surface area contributed by atoms with Gasteiger partial charge in [0.1, 0.15) is 0 Å². The molecule has 2 nitrogen and oxygen atoms in total. The van der Waals surface area contributed by atoms with Crippen LogP contribution in [0.2, 0.25) is 0 Å². The molecule has 0 atom stereocenters. The largest absolute Gasteiger partial charge is 0.309 e. The number of aromatic nitrogens is 2. The summed E-state index contributed by atoms with van der Waals surface area (Å²) in [5, 5.41) is 10.2. The van der Waals surface area contributed by atoms with Gasteiger partial charge in [-0.15, -0.1) is 0 Å². The van der Waals surface area contributed by atoms with Gasteiger partial charge in [0.05, 0.1) is 22.1 Å². The number of benzene rings is 11. The zero-order chi connectivity index (χ0) is 52.3. The summed E-state index contributed by atoms with van der Waals surface area (Å²) in [5.41, 5.74) is 21.1. The van der Waals surface area contributed by atoms with E-state index in [-0.39, 0.29) is 16.2 Å². The van der Waals surface area contributed by atoms with E-state index in [9.17, 15) is 0 Å². The van der Waals surface area contributed by atoms with Crippen LogP contribution in [-0.2, 0) is 16.2 Å². The van der Waals surface area contributed by atoms with Crippen molar-refractivity contribution in [1.29, 1.82) is 0 Å². The summed E-state index contributed by atoms with van der Waals surface area (Å²) in [6.07, 6.45) is 0. The molecule has 0 amide bonds. The van der Waals surface area contributed by atoms with Crippen molar-refractivity contribution in [3.63, 3.8) is 0 Å². The van der Waals surface area contributed by atoms with Gasteiger partial charge in [-0.25, -0.2) is 0 Å². The van der Waals surface area contributed by atoms with Gasteiger partial charge < -0.3 is 9.13 Å². The smallest absolute Gasteiger partial charge is 0.0541 e. The summed E-state index contributed by atoms with van der Waals surface area (Å²) in [7, 11) is 0. The first kappa shape index (κ1) is 47.3. The van der Waals surface area contributed by atoms with Crippen LogP contribution in [0.4, 0.5) is 0 Å². The Kier molecular flexibility index (Phi) is 10.9. The highest BCUT2D eigenvalue weighted by atomic mass is 15.0. The molecule has 370 valence electrons. The molecule has 0 aliphatic heterocycles. The van der Waals surface area contributed by atoms with Crippen LogP contribution in [0.3, 0.4) is 0 Å². The molecule has 2 heterocycles.